The number of ether oxygens (including phenoxy) is 1. The molecular weight excluding hydrogens is 272 g/mol. The third-order valence-corrected chi connectivity index (χ3v) is 2.79. The first kappa shape index (κ1) is 14.4. The van der Waals surface area contributed by atoms with Crippen molar-refractivity contribution in [3.8, 4) is 5.75 Å². The fourth-order valence-corrected chi connectivity index (χ4v) is 1.74. The molecule has 20 heavy (non-hydrogen) atoms. The second-order valence-corrected chi connectivity index (χ2v) is 4.38. The minimum absolute atomic E-state index is 0.0124. The van der Waals surface area contributed by atoms with Crippen LogP contribution in [0.15, 0.2) is 42.5 Å². The minimum atomic E-state index is -4.52. The summed E-state index contributed by atoms with van der Waals surface area (Å²) in [4.78, 5) is 0. The van der Waals surface area contributed by atoms with Gasteiger partial charge in [0.25, 0.3) is 0 Å². The summed E-state index contributed by atoms with van der Waals surface area (Å²) in [5.74, 6) is -1.16. The van der Waals surface area contributed by atoms with Gasteiger partial charge in [0.2, 0.25) is 0 Å². The van der Waals surface area contributed by atoms with E-state index in [4.69, 9.17) is 4.74 Å². The highest BCUT2D eigenvalue weighted by molar-refractivity contribution is 5.37. The second kappa shape index (κ2) is 5.53. The molecule has 0 aliphatic heterocycles. The molecule has 0 saturated carbocycles. The van der Waals surface area contributed by atoms with Gasteiger partial charge in [-0.25, -0.2) is 4.39 Å². The molecule has 5 heteroatoms. The predicted octanol–water partition coefficient (Wildman–Crippen LogP) is 4.73. The van der Waals surface area contributed by atoms with Crippen LogP contribution in [0, 0.1) is 12.7 Å². The van der Waals surface area contributed by atoms with Crippen molar-refractivity contribution in [3.05, 3.63) is 65.0 Å². The second-order valence-electron chi connectivity index (χ2n) is 4.38. The van der Waals surface area contributed by atoms with Crippen LogP contribution in [0.25, 0.3) is 0 Å². The van der Waals surface area contributed by atoms with Gasteiger partial charge >= 0.3 is 6.18 Å². The molecular formula is C15H12F4O. The van der Waals surface area contributed by atoms with Crippen LogP contribution in [0.2, 0.25) is 0 Å². The number of rotatable bonds is 3. The molecule has 0 aliphatic carbocycles. The zero-order valence-corrected chi connectivity index (χ0v) is 10.7. The van der Waals surface area contributed by atoms with Crippen LogP contribution in [0.5, 0.6) is 5.75 Å². The van der Waals surface area contributed by atoms with Gasteiger partial charge in [-0.1, -0.05) is 30.3 Å². The molecule has 106 valence electrons. The van der Waals surface area contributed by atoms with Gasteiger partial charge in [-0.15, -0.1) is 0 Å². The van der Waals surface area contributed by atoms with Gasteiger partial charge in [-0.2, -0.15) is 13.2 Å². The molecule has 0 N–H and O–H groups in total. The van der Waals surface area contributed by atoms with E-state index in [2.05, 4.69) is 0 Å². The standard InChI is InChI=1S/C15H12F4O/c1-10-7-12(15(17,18)19)8-13(14(10)16)20-9-11-5-3-2-4-6-11/h2-8H,9H2,1H3. The van der Waals surface area contributed by atoms with Crippen LogP contribution in [-0.4, -0.2) is 0 Å². The molecule has 0 radical (unpaired) electrons. The summed E-state index contributed by atoms with van der Waals surface area (Å²) in [5.41, 5.74) is -0.260. The maximum atomic E-state index is 13.8. The first-order valence-corrected chi connectivity index (χ1v) is 5.92. The van der Waals surface area contributed by atoms with E-state index in [1.807, 2.05) is 0 Å². The smallest absolute Gasteiger partial charge is 0.416 e. The highest BCUT2D eigenvalue weighted by Gasteiger charge is 2.32. The van der Waals surface area contributed by atoms with Gasteiger partial charge < -0.3 is 4.74 Å². The Morgan fingerprint density at radius 2 is 1.70 bits per heavy atom. The quantitative estimate of drug-likeness (QED) is 0.740. The summed E-state index contributed by atoms with van der Waals surface area (Å²) in [7, 11) is 0. The Labute approximate surface area is 113 Å². The summed E-state index contributed by atoms with van der Waals surface area (Å²) in [6, 6.07) is 10.3. The summed E-state index contributed by atoms with van der Waals surface area (Å²) in [5, 5.41) is 0. The third-order valence-electron chi connectivity index (χ3n) is 2.79. The van der Waals surface area contributed by atoms with Crippen molar-refractivity contribution in [1.29, 1.82) is 0 Å². The van der Waals surface area contributed by atoms with Gasteiger partial charge in [0.15, 0.2) is 11.6 Å². The van der Waals surface area contributed by atoms with Crippen molar-refractivity contribution in [2.45, 2.75) is 19.7 Å². The van der Waals surface area contributed by atoms with Crippen molar-refractivity contribution < 1.29 is 22.3 Å². The average Bonchev–Trinajstić information content (AvgIpc) is 2.40. The van der Waals surface area contributed by atoms with Crippen LogP contribution in [0.1, 0.15) is 16.7 Å². The predicted molar refractivity (Wildman–Crippen MR) is 66.9 cm³/mol. The lowest BCUT2D eigenvalue weighted by molar-refractivity contribution is -0.137. The summed E-state index contributed by atoms with van der Waals surface area (Å²) < 4.78 is 56.9. The van der Waals surface area contributed by atoms with Crippen molar-refractivity contribution in [1.82, 2.24) is 0 Å². The van der Waals surface area contributed by atoms with Crippen LogP contribution in [0.3, 0.4) is 0 Å². The lowest BCUT2D eigenvalue weighted by Gasteiger charge is -2.13. The molecule has 2 rings (SSSR count). The van der Waals surface area contributed by atoms with E-state index in [0.29, 0.717) is 6.07 Å². The van der Waals surface area contributed by atoms with Crippen LogP contribution in [-0.2, 0) is 12.8 Å². The van der Waals surface area contributed by atoms with E-state index >= 15 is 0 Å². The van der Waals surface area contributed by atoms with E-state index in [9.17, 15) is 17.6 Å². The van der Waals surface area contributed by atoms with Crippen molar-refractivity contribution >= 4 is 0 Å². The SMILES string of the molecule is Cc1cc(C(F)(F)F)cc(OCc2ccccc2)c1F. The zero-order valence-electron chi connectivity index (χ0n) is 10.7. The normalized spacial score (nSPS) is 11.4. The first-order chi connectivity index (χ1) is 9.38. The van der Waals surface area contributed by atoms with Gasteiger partial charge in [0.05, 0.1) is 5.56 Å². The molecule has 2 aromatic rings. The molecule has 0 fully saturated rings. The van der Waals surface area contributed by atoms with Crippen LogP contribution >= 0.6 is 0 Å². The molecule has 1 nitrogen and oxygen atoms in total. The maximum absolute atomic E-state index is 13.8. The topological polar surface area (TPSA) is 9.23 Å². The highest BCUT2D eigenvalue weighted by Crippen LogP contribution is 2.34. The number of hydrogen-bond acceptors (Lipinski definition) is 1. The third kappa shape index (κ3) is 3.29. The van der Waals surface area contributed by atoms with Gasteiger partial charge in [0, 0.05) is 0 Å². The molecule has 0 heterocycles. The fraction of sp³-hybridized carbons (Fsp3) is 0.200. The molecule has 0 saturated heterocycles. The molecule has 0 bridgehead atoms. The Kier molecular flexibility index (Phi) is 3.97. The fourth-order valence-electron chi connectivity index (χ4n) is 1.74. The van der Waals surface area contributed by atoms with E-state index in [0.717, 1.165) is 11.6 Å². The molecule has 0 aromatic heterocycles. The van der Waals surface area contributed by atoms with Crippen molar-refractivity contribution in [3.63, 3.8) is 0 Å². The molecule has 0 atom stereocenters. The zero-order chi connectivity index (χ0) is 14.8. The highest BCUT2D eigenvalue weighted by atomic mass is 19.4. The Morgan fingerprint density at radius 1 is 1.05 bits per heavy atom. The van der Waals surface area contributed by atoms with Crippen LogP contribution in [0.4, 0.5) is 17.6 Å². The first-order valence-electron chi connectivity index (χ1n) is 5.92. The lowest BCUT2D eigenvalue weighted by Crippen LogP contribution is -2.08. The molecule has 0 spiro atoms. The molecule has 0 aliphatic rings. The van der Waals surface area contributed by atoms with Crippen LogP contribution < -0.4 is 4.74 Å². The van der Waals surface area contributed by atoms with Crippen molar-refractivity contribution in [2.24, 2.45) is 0 Å². The van der Waals surface area contributed by atoms with Crippen molar-refractivity contribution in [2.75, 3.05) is 0 Å². The van der Waals surface area contributed by atoms with Gasteiger partial charge in [-0.3, -0.25) is 0 Å². The Hall–Kier alpha value is -2.04. The Morgan fingerprint density at radius 3 is 2.30 bits per heavy atom. The minimum Gasteiger partial charge on any atom is -0.486 e. The summed E-state index contributed by atoms with van der Waals surface area (Å²) in [6.45, 7) is 1.29. The van der Waals surface area contributed by atoms with E-state index in [-0.39, 0.29) is 17.9 Å². The number of benzene rings is 2. The maximum Gasteiger partial charge on any atom is 0.416 e. The number of hydrogen-bond donors (Lipinski definition) is 0. The average molecular weight is 284 g/mol. The molecule has 2 aromatic carbocycles. The van der Waals surface area contributed by atoms with Gasteiger partial charge in [0.1, 0.15) is 6.61 Å². The largest absolute Gasteiger partial charge is 0.486 e. The lowest BCUT2D eigenvalue weighted by atomic mass is 10.1. The summed E-state index contributed by atoms with van der Waals surface area (Å²) in [6.07, 6.45) is -4.52. The van der Waals surface area contributed by atoms with E-state index in [1.165, 1.54) is 6.92 Å². The van der Waals surface area contributed by atoms with Gasteiger partial charge in [-0.05, 0) is 30.2 Å². The molecule has 0 amide bonds. The number of halogens is 4. The number of aryl methyl sites for hydroxylation is 1. The van der Waals surface area contributed by atoms with E-state index < -0.39 is 17.6 Å². The Bertz CT molecular complexity index is 591. The molecule has 0 unspecified atom stereocenters. The Balaban J connectivity index is 2.25. The summed E-state index contributed by atoms with van der Waals surface area (Å²) >= 11 is 0. The van der Waals surface area contributed by atoms with E-state index in [1.54, 1.807) is 30.3 Å². The number of alkyl halides is 3. The monoisotopic (exact) mass is 284 g/mol.